The average molecular weight is 451 g/mol. The fraction of sp³-hybridized carbons (Fsp3) is 0.217. The van der Waals surface area contributed by atoms with Crippen LogP contribution < -0.4 is 14.9 Å². The van der Waals surface area contributed by atoms with Crippen LogP contribution in [0.2, 0.25) is 0 Å². The van der Waals surface area contributed by atoms with Gasteiger partial charge in [-0.2, -0.15) is 5.10 Å². The number of para-hydroxylation sites is 1. The van der Waals surface area contributed by atoms with Crippen LogP contribution in [0.1, 0.15) is 32.5 Å². The first kappa shape index (κ1) is 21.7. The third-order valence-corrected chi connectivity index (χ3v) is 5.88. The molecule has 4 rings (SSSR count). The third kappa shape index (κ3) is 5.01. The number of nitrogens with zero attached hydrogens (tertiary/aromatic N) is 2. The minimum Gasteiger partial charge on any atom is -0.489 e. The number of aromatic nitrogens is 3. The monoisotopic (exact) mass is 450 g/mol. The summed E-state index contributed by atoms with van der Waals surface area (Å²) in [4.78, 5) is 27.9. The molecule has 32 heavy (non-hydrogen) atoms. The second-order valence-electron chi connectivity index (χ2n) is 7.29. The van der Waals surface area contributed by atoms with Crippen molar-refractivity contribution in [1.82, 2.24) is 20.5 Å². The lowest BCUT2D eigenvalue weighted by Crippen LogP contribution is -2.29. The maximum atomic E-state index is 12.4. The van der Waals surface area contributed by atoms with Crippen molar-refractivity contribution in [3.63, 3.8) is 0 Å². The number of nitrogens with one attached hydrogen (secondary N) is 2. The Bertz CT molecular complexity index is 1280. The van der Waals surface area contributed by atoms with Gasteiger partial charge >= 0.3 is 4.87 Å². The molecule has 1 atom stereocenters. The summed E-state index contributed by atoms with van der Waals surface area (Å²) in [5, 5.41) is 20.0. The van der Waals surface area contributed by atoms with Gasteiger partial charge in [0, 0.05) is 28.8 Å². The van der Waals surface area contributed by atoms with Gasteiger partial charge in [-0.1, -0.05) is 29.5 Å². The molecular weight excluding hydrogens is 428 g/mol. The van der Waals surface area contributed by atoms with Gasteiger partial charge in [-0.25, -0.2) is 5.10 Å². The Balaban J connectivity index is 1.37. The predicted octanol–water partition coefficient (Wildman–Crippen LogP) is 2.77. The molecule has 4 aromatic rings. The normalized spacial score (nSPS) is 11.9. The highest BCUT2D eigenvalue weighted by atomic mass is 32.1. The van der Waals surface area contributed by atoms with E-state index in [9.17, 15) is 14.7 Å². The lowest BCUT2D eigenvalue weighted by atomic mass is 10.1. The van der Waals surface area contributed by atoms with Crippen LogP contribution in [0.3, 0.4) is 0 Å². The maximum absolute atomic E-state index is 12.4. The molecule has 0 radical (unpaired) electrons. The number of benzene rings is 2. The Morgan fingerprint density at radius 2 is 2.00 bits per heavy atom. The van der Waals surface area contributed by atoms with Crippen LogP contribution in [0.4, 0.5) is 0 Å². The van der Waals surface area contributed by atoms with Crippen molar-refractivity contribution in [2.45, 2.75) is 19.4 Å². The molecular formula is C23H22N4O4S. The van der Waals surface area contributed by atoms with E-state index >= 15 is 0 Å². The van der Waals surface area contributed by atoms with Crippen molar-refractivity contribution in [3.8, 4) is 5.75 Å². The first-order valence-corrected chi connectivity index (χ1v) is 10.9. The Labute approximate surface area is 187 Å². The van der Waals surface area contributed by atoms with Crippen molar-refractivity contribution >= 4 is 28.1 Å². The summed E-state index contributed by atoms with van der Waals surface area (Å²) in [5.74, 6) is -0.0765. The molecule has 2 heterocycles. The molecule has 8 nitrogen and oxygen atoms in total. The van der Waals surface area contributed by atoms with Gasteiger partial charge in [0.1, 0.15) is 17.4 Å². The van der Waals surface area contributed by atoms with Crippen LogP contribution in [-0.4, -0.2) is 39.3 Å². The number of fused-ring (bicyclic) bond motifs is 1. The lowest BCUT2D eigenvalue weighted by molar-refractivity contribution is 0.0947. The van der Waals surface area contributed by atoms with E-state index in [-0.39, 0.29) is 23.9 Å². The van der Waals surface area contributed by atoms with Crippen molar-refractivity contribution in [3.05, 3.63) is 86.1 Å². The number of ether oxygens (including phenoxy) is 1. The van der Waals surface area contributed by atoms with E-state index < -0.39 is 5.92 Å². The number of aryl methyl sites for hydroxylation is 1. The molecule has 9 heteroatoms. The number of pyridine rings is 1. The van der Waals surface area contributed by atoms with E-state index in [1.54, 1.807) is 24.3 Å². The summed E-state index contributed by atoms with van der Waals surface area (Å²) < 4.78 is 5.93. The standard InChI is InChI=1S/C23H22N4O4S/c1-14-10-16(19-4-2-3-5-20(19)25-14)13-31-18-8-6-15(7-9-18)21(29)24-11-17(12-28)22-26-27-23(30)32-22/h2-10,17,28H,11-13H2,1H3,(H,24,29)(H,27,30). The molecule has 0 aliphatic heterocycles. The smallest absolute Gasteiger partial charge is 0.322 e. The number of carbonyl (C=O) groups excluding carboxylic acids is 1. The van der Waals surface area contributed by atoms with E-state index in [4.69, 9.17) is 4.74 Å². The fourth-order valence-electron chi connectivity index (χ4n) is 3.34. The van der Waals surface area contributed by atoms with Crippen molar-refractivity contribution in [2.75, 3.05) is 13.2 Å². The Kier molecular flexibility index (Phi) is 6.58. The molecule has 0 aliphatic rings. The van der Waals surface area contributed by atoms with Crippen LogP contribution in [-0.2, 0) is 6.61 Å². The topological polar surface area (TPSA) is 117 Å². The Hall–Kier alpha value is -3.56. The maximum Gasteiger partial charge on any atom is 0.322 e. The van der Waals surface area contributed by atoms with Gasteiger partial charge in [-0.15, -0.1) is 0 Å². The molecule has 3 N–H and O–H groups in total. The van der Waals surface area contributed by atoms with Gasteiger partial charge in [0.25, 0.3) is 5.91 Å². The first-order valence-electron chi connectivity index (χ1n) is 10.1. The van der Waals surface area contributed by atoms with Gasteiger partial charge in [0.2, 0.25) is 0 Å². The Morgan fingerprint density at radius 1 is 1.22 bits per heavy atom. The number of hydrogen-bond donors (Lipinski definition) is 3. The molecule has 0 fully saturated rings. The number of aliphatic hydroxyl groups is 1. The van der Waals surface area contributed by atoms with Crippen molar-refractivity contribution in [2.24, 2.45) is 0 Å². The van der Waals surface area contributed by atoms with E-state index in [2.05, 4.69) is 20.5 Å². The summed E-state index contributed by atoms with van der Waals surface area (Å²) in [6, 6.07) is 16.8. The first-order chi connectivity index (χ1) is 15.5. The second kappa shape index (κ2) is 9.71. The van der Waals surface area contributed by atoms with Gasteiger partial charge in [0.15, 0.2) is 0 Å². The van der Waals surface area contributed by atoms with Crippen LogP contribution >= 0.6 is 11.3 Å². The van der Waals surface area contributed by atoms with E-state index in [1.165, 1.54) is 0 Å². The fourth-order valence-corrected chi connectivity index (χ4v) is 4.04. The molecule has 1 unspecified atom stereocenters. The van der Waals surface area contributed by atoms with Gasteiger partial charge in [-0.05, 0) is 43.3 Å². The quantitative estimate of drug-likeness (QED) is 0.380. The minimum absolute atomic E-state index is 0.169. The van der Waals surface area contributed by atoms with Crippen LogP contribution in [0, 0.1) is 6.92 Å². The van der Waals surface area contributed by atoms with Crippen LogP contribution in [0.5, 0.6) is 5.75 Å². The summed E-state index contributed by atoms with van der Waals surface area (Å²) in [6.07, 6.45) is 0. The summed E-state index contributed by atoms with van der Waals surface area (Å²) in [5.41, 5.74) is 3.37. The summed E-state index contributed by atoms with van der Waals surface area (Å²) in [6.45, 7) is 2.29. The van der Waals surface area contributed by atoms with Crippen molar-refractivity contribution in [1.29, 1.82) is 0 Å². The average Bonchev–Trinajstić information content (AvgIpc) is 3.24. The molecule has 0 aliphatic carbocycles. The molecule has 0 saturated carbocycles. The van der Waals surface area contributed by atoms with E-state index in [1.807, 2.05) is 37.3 Å². The van der Waals surface area contributed by atoms with Gasteiger partial charge in [0.05, 0.1) is 18.0 Å². The van der Waals surface area contributed by atoms with E-state index in [0.717, 1.165) is 33.5 Å². The lowest BCUT2D eigenvalue weighted by Gasteiger charge is -2.13. The molecule has 1 amide bonds. The van der Waals surface area contributed by atoms with Gasteiger partial charge in [-0.3, -0.25) is 14.6 Å². The molecule has 164 valence electrons. The molecule has 0 bridgehead atoms. The zero-order valence-corrected chi connectivity index (χ0v) is 18.2. The van der Waals surface area contributed by atoms with Crippen LogP contribution in [0.25, 0.3) is 10.9 Å². The Morgan fingerprint density at radius 3 is 2.72 bits per heavy atom. The highest BCUT2D eigenvalue weighted by Gasteiger charge is 2.17. The number of H-pyrrole nitrogens is 1. The second-order valence-corrected chi connectivity index (χ2v) is 8.29. The van der Waals surface area contributed by atoms with E-state index in [0.29, 0.717) is 22.9 Å². The SMILES string of the molecule is Cc1cc(COc2ccc(C(=O)NCC(CO)c3n[nH]c(=O)s3)cc2)c2ccccc2n1. The highest BCUT2D eigenvalue weighted by molar-refractivity contribution is 7.08. The van der Waals surface area contributed by atoms with Crippen molar-refractivity contribution < 1.29 is 14.6 Å². The highest BCUT2D eigenvalue weighted by Crippen LogP contribution is 2.21. The largest absolute Gasteiger partial charge is 0.489 e. The number of aromatic amines is 1. The zero-order chi connectivity index (χ0) is 22.5. The summed E-state index contributed by atoms with van der Waals surface area (Å²) >= 11 is 0.921. The number of amides is 1. The number of carbonyl (C=O) groups is 1. The number of aliphatic hydroxyl groups excluding tert-OH is 1. The summed E-state index contributed by atoms with van der Waals surface area (Å²) in [7, 11) is 0. The molecule has 0 spiro atoms. The molecule has 0 saturated heterocycles. The van der Waals surface area contributed by atoms with Gasteiger partial charge < -0.3 is 15.2 Å². The molecule has 2 aromatic heterocycles. The molecule has 2 aromatic carbocycles. The third-order valence-electron chi connectivity index (χ3n) is 4.97. The predicted molar refractivity (Wildman–Crippen MR) is 122 cm³/mol. The zero-order valence-electron chi connectivity index (χ0n) is 17.4. The number of rotatable bonds is 8. The number of hydrogen-bond acceptors (Lipinski definition) is 7. The van der Waals surface area contributed by atoms with Crippen LogP contribution in [0.15, 0.2) is 59.4 Å². The minimum atomic E-state index is -0.441.